The van der Waals surface area contributed by atoms with Gasteiger partial charge in [0.15, 0.2) is 0 Å². The van der Waals surface area contributed by atoms with Crippen LogP contribution in [-0.4, -0.2) is 17.9 Å². The number of alkyl halides is 3. The zero-order valence-corrected chi connectivity index (χ0v) is 13.8. The Kier molecular flexibility index (Phi) is 9.55. The quantitative estimate of drug-likeness (QED) is 0.724. The third kappa shape index (κ3) is 7.38. The van der Waals surface area contributed by atoms with Gasteiger partial charge >= 0.3 is 6.18 Å². The van der Waals surface area contributed by atoms with E-state index in [1.165, 1.54) is 6.07 Å². The first kappa shape index (κ1) is 21.1. The molecule has 1 aromatic carbocycles. The van der Waals surface area contributed by atoms with Gasteiger partial charge in [-0.1, -0.05) is 0 Å². The van der Waals surface area contributed by atoms with Gasteiger partial charge in [-0.25, -0.2) is 0 Å². The molecule has 0 saturated heterocycles. The first-order valence-electron chi connectivity index (χ1n) is 6.57. The number of thioether (sulfide) groups is 1. The third-order valence-electron chi connectivity index (χ3n) is 2.84. The van der Waals surface area contributed by atoms with E-state index >= 15 is 0 Å². The molecule has 8 heteroatoms. The van der Waals surface area contributed by atoms with Crippen molar-refractivity contribution in [3.8, 4) is 0 Å². The van der Waals surface area contributed by atoms with E-state index in [9.17, 15) is 18.0 Å². The molecule has 3 nitrogen and oxygen atoms in total. The molecule has 3 N–H and O–H groups in total. The van der Waals surface area contributed by atoms with Crippen LogP contribution in [0, 0.1) is 0 Å². The molecular weight excluding hydrogens is 337 g/mol. The van der Waals surface area contributed by atoms with Crippen LogP contribution in [0.25, 0.3) is 0 Å². The molecule has 0 aliphatic rings. The molecule has 1 amide bonds. The van der Waals surface area contributed by atoms with Crippen molar-refractivity contribution in [2.24, 2.45) is 5.73 Å². The lowest BCUT2D eigenvalue weighted by molar-refractivity contribution is -0.137. The molecule has 126 valence electrons. The molecule has 0 atom stereocenters. The number of hydrogen-bond donors (Lipinski definition) is 2. The minimum Gasteiger partial charge on any atom is -0.326 e. The van der Waals surface area contributed by atoms with Crippen LogP contribution in [0.1, 0.15) is 30.4 Å². The van der Waals surface area contributed by atoms with E-state index in [4.69, 9.17) is 5.73 Å². The van der Waals surface area contributed by atoms with Crippen LogP contribution in [0.5, 0.6) is 0 Å². The van der Waals surface area contributed by atoms with Gasteiger partial charge in [0.05, 0.1) is 5.56 Å². The lowest BCUT2D eigenvalue weighted by Gasteiger charge is -2.12. The zero-order chi connectivity index (χ0) is 15.9. The first-order valence-corrected chi connectivity index (χ1v) is 7.96. The molecule has 0 heterocycles. The number of unbranched alkanes of at least 4 members (excludes halogenated alkanes) is 1. The van der Waals surface area contributed by atoms with E-state index in [1.54, 1.807) is 11.8 Å². The van der Waals surface area contributed by atoms with Crippen molar-refractivity contribution in [3.05, 3.63) is 29.3 Å². The SMILES string of the molecule is CSCCCCC(=O)Nc1cc(CN)cc(C(F)(F)F)c1.Cl. The topological polar surface area (TPSA) is 55.1 Å². The number of anilines is 1. The Morgan fingerprint density at radius 2 is 1.95 bits per heavy atom. The smallest absolute Gasteiger partial charge is 0.326 e. The van der Waals surface area contributed by atoms with Crippen LogP contribution >= 0.6 is 24.2 Å². The standard InChI is InChI=1S/C14H19F3N2OS.ClH/c1-21-5-3-2-4-13(20)19-12-7-10(9-18)6-11(8-12)14(15,16)17;/h6-8H,2-5,9,18H2,1H3,(H,19,20);1H. The van der Waals surface area contributed by atoms with Crippen LogP contribution in [-0.2, 0) is 17.5 Å². The monoisotopic (exact) mass is 356 g/mol. The van der Waals surface area contributed by atoms with Crippen molar-refractivity contribution < 1.29 is 18.0 Å². The van der Waals surface area contributed by atoms with Gasteiger partial charge in [0.25, 0.3) is 0 Å². The molecule has 0 spiro atoms. The van der Waals surface area contributed by atoms with Crippen molar-refractivity contribution in [1.29, 1.82) is 0 Å². The van der Waals surface area contributed by atoms with Crippen molar-refractivity contribution in [3.63, 3.8) is 0 Å². The number of nitrogens with one attached hydrogen (secondary N) is 1. The van der Waals surface area contributed by atoms with E-state index in [0.717, 1.165) is 30.7 Å². The zero-order valence-electron chi connectivity index (χ0n) is 12.2. The number of hydrogen-bond acceptors (Lipinski definition) is 3. The summed E-state index contributed by atoms with van der Waals surface area (Å²) in [5, 5.41) is 2.50. The van der Waals surface area contributed by atoms with E-state index in [1.807, 2.05) is 6.26 Å². The number of rotatable bonds is 7. The van der Waals surface area contributed by atoms with Gasteiger partial charge in [-0.2, -0.15) is 24.9 Å². The summed E-state index contributed by atoms with van der Waals surface area (Å²) >= 11 is 1.70. The normalized spacial score (nSPS) is 11.0. The Balaban J connectivity index is 0.00000441. The highest BCUT2D eigenvalue weighted by Gasteiger charge is 2.31. The largest absolute Gasteiger partial charge is 0.416 e. The highest BCUT2D eigenvalue weighted by molar-refractivity contribution is 7.98. The fourth-order valence-electron chi connectivity index (χ4n) is 1.80. The van der Waals surface area contributed by atoms with Gasteiger partial charge in [-0.3, -0.25) is 4.79 Å². The van der Waals surface area contributed by atoms with Gasteiger partial charge in [0, 0.05) is 18.7 Å². The summed E-state index contributed by atoms with van der Waals surface area (Å²) in [5.41, 5.74) is 5.06. The third-order valence-corrected chi connectivity index (χ3v) is 3.54. The Morgan fingerprint density at radius 1 is 1.27 bits per heavy atom. The highest BCUT2D eigenvalue weighted by atomic mass is 35.5. The predicted molar refractivity (Wildman–Crippen MR) is 87.4 cm³/mol. The van der Waals surface area contributed by atoms with E-state index in [0.29, 0.717) is 12.0 Å². The summed E-state index contributed by atoms with van der Waals surface area (Å²) in [6.07, 6.45) is -0.546. The summed E-state index contributed by atoms with van der Waals surface area (Å²) < 4.78 is 38.3. The maximum atomic E-state index is 12.8. The fraction of sp³-hybridized carbons (Fsp3) is 0.500. The molecule has 1 rings (SSSR count). The molecule has 22 heavy (non-hydrogen) atoms. The van der Waals surface area contributed by atoms with E-state index < -0.39 is 11.7 Å². The maximum absolute atomic E-state index is 12.8. The summed E-state index contributed by atoms with van der Waals surface area (Å²) in [4.78, 5) is 11.7. The van der Waals surface area contributed by atoms with Crippen LogP contribution < -0.4 is 11.1 Å². The van der Waals surface area contributed by atoms with Crippen molar-refractivity contribution in [2.45, 2.75) is 32.0 Å². The molecule has 0 aromatic heterocycles. The Labute approximate surface area is 138 Å². The fourth-order valence-corrected chi connectivity index (χ4v) is 2.29. The summed E-state index contributed by atoms with van der Waals surface area (Å²) in [5.74, 6) is 0.687. The summed E-state index contributed by atoms with van der Waals surface area (Å²) in [6.45, 7) is -0.0134. The van der Waals surface area contributed by atoms with Gasteiger partial charge < -0.3 is 11.1 Å². The molecular formula is C14H20ClF3N2OS. The van der Waals surface area contributed by atoms with E-state index in [-0.39, 0.29) is 30.5 Å². The van der Waals surface area contributed by atoms with E-state index in [2.05, 4.69) is 5.32 Å². The van der Waals surface area contributed by atoms with Gasteiger partial charge in [-0.05, 0) is 48.6 Å². The molecule has 0 fully saturated rings. The van der Waals surface area contributed by atoms with Crippen LogP contribution in [0.3, 0.4) is 0 Å². The van der Waals surface area contributed by atoms with Gasteiger partial charge in [0.2, 0.25) is 5.91 Å². The second-order valence-electron chi connectivity index (χ2n) is 4.62. The number of halogens is 4. The first-order chi connectivity index (χ1) is 9.86. The molecule has 0 saturated carbocycles. The van der Waals surface area contributed by atoms with Gasteiger partial charge in [-0.15, -0.1) is 12.4 Å². The Hall–Kier alpha value is -0.920. The number of benzene rings is 1. The number of nitrogens with two attached hydrogens (primary N) is 1. The molecule has 0 bridgehead atoms. The maximum Gasteiger partial charge on any atom is 0.416 e. The molecule has 0 aliphatic carbocycles. The van der Waals surface area contributed by atoms with Crippen molar-refractivity contribution >= 4 is 35.8 Å². The molecule has 1 aromatic rings. The average Bonchev–Trinajstić information content (AvgIpc) is 2.42. The average molecular weight is 357 g/mol. The number of carbonyl (C=O) groups excluding carboxylic acids is 1. The lowest BCUT2D eigenvalue weighted by Crippen LogP contribution is -2.14. The minimum atomic E-state index is -4.46. The Bertz CT molecular complexity index is 484. The van der Waals surface area contributed by atoms with Crippen LogP contribution in [0.4, 0.5) is 18.9 Å². The molecule has 0 unspecified atom stereocenters. The van der Waals surface area contributed by atoms with Crippen molar-refractivity contribution in [2.75, 3.05) is 17.3 Å². The summed E-state index contributed by atoms with van der Waals surface area (Å²) in [6, 6.07) is 3.39. The Morgan fingerprint density at radius 3 is 2.50 bits per heavy atom. The highest BCUT2D eigenvalue weighted by Crippen LogP contribution is 2.32. The van der Waals surface area contributed by atoms with Crippen LogP contribution in [0.15, 0.2) is 18.2 Å². The van der Waals surface area contributed by atoms with Crippen molar-refractivity contribution in [1.82, 2.24) is 0 Å². The number of carbonyl (C=O) groups is 1. The van der Waals surface area contributed by atoms with Gasteiger partial charge in [0.1, 0.15) is 0 Å². The molecule has 0 aliphatic heterocycles. The molecule has 0 radical (unpaired) electrons. The van der Waals surface area contributed by atoms with Crippen LogP contribution in [0.2, 0.25) is 0 Å². The number of amides is 1. The minimum absolute atomic E-state index is 0. The lowest BCUT2D eigenvalue weighted by atomic mass is 10.1. The second-order valence-corrected chi connectivity index (χ2v) is 5.60. The summed E-state index contributed by atoms with van der Waals surface area (Å²) in [7, 11) is 0. The predicted octanol–water partition coefficient (Wildman–Crippen LogP) is 4.06. The second kappa shape index (κ2) is 9.97.